The molecular weight excluding hydrogens is 304 g/mol. The fraction of sp³-hybridized carbons (Fsp3) is 0.158. The molecule has 2 aromatic carbocycles. The molecule has 0 spiro atoms. The minimum atomic E-state index is -0.268. The number of amides is 1. The third-order valence-electron chi connectivity index (χ3n) is 3.16. The SMILES string of the molecule is C#CCOc1ccc(/C=N\NC(=O)c2cccc(C)c2)cc1OC. The summed E-state index contributed by atoms with van der Waals surface area (Å²) in [5.41, 5.74) is 4.82. The zero-order chi connectivity index (χ0) is 17.4. The van der Waals surface area contributed by atoms with Gasteiger partial charge in [0.2, 0.25) is 0 Å². The second-order valence-corrected chi connectivity index (χ2v) is 4.97. The predicted octanol–water partition coefficient (Wildman–Crippen LogP) is 2.78. The number of rotatable bonds is 6. The second kappa shape index (κ2) is 8.39. The minimum Gasteiger partial charge on any atom is -0.493 e. The van der Waals surface area contributed by atoms with E-state index < -0.39 is 0 Å². The molecule has 5 heteroatoms. The van der Waals surface area contributed by atoms with Gasteiger partial charge in [0, 0.05) is 5.56 Å². The summed E-state index contributed by atoms with van der Waals surface area (Å²) in [6.45, 7) is 2.09. The van der Waals surface area contributed by atoms with Crippen LogP contribution in [0.15, 0.2) is 47.6 Å². The minimum absolute atomic E-state index is 0.163. The summed E-state index contributed by atoms with van der Waals surface area (Å²) >= 11 is 0. The molecule has 0 heterocycles. The lowest BCUT2D eigenvalue weighted by molar-refractivity contribution is 0.0955. The number of methoxy groups -OCH3 is 1. The van der Waals surface area contributed by atoms with E-state index >= 15 is 0 Å². The third kappa shape index (κ3) is 4.62. The Balaban J connectivity index is 2.04. The van der Waals surface area contributed by atoms with Crippen molar-refractivity contribution in [2.75, 3.05) is 13.7 Å². The molecule has 0 fully saturated rings. The van der Waals surface area contributed by atoms with Crippen molar-refractivity contribution >= 4 is 12.1 Å². The first-order chi connectivity index (χ1) is 11.6. The van der Waals surface area contributed by atoms with Crippen LogP contribution in [0.4, 0.5) is 0 Å². The highest BCUT2D eigenvalue weighted by Crippen LogP contribution is 2.27. The van der Waals surface area contributed by atoms with E-state index in [4.69, 9.17) is 15.9 Å². The molecule has 0 atom stereocenters. The Hall–Kier alpha value is -3.26. The van der Waals surface area contributed by atoms with Gasteiger partial charge in [0.1, 0.15) is 6.61 Å². The fourth-order valence-corrected chi connectivity index (χ4v) is 2.02. The van der Waals surface area contributed by atoms with Crippen molar-refractivity contribution in [2.45, 2.75) is 6.92 Å². The number of nitrogens with zero attached hydrogens (tertiary/aromatic N) is 1. The summed E-state index contributed by atoms with van der Waals surface area (Å²) < 4.78 is 10.6. The zero-order valence-electron chi connectivity index (χ0n) is 13.6. The van der Waals surface area contributed by atoms with E-state index in [9.17, 15) is 4.79 Å². The van der Waals surface area contributed by atoms with Crippen LogP contribution in [0.5, 0.6) is 11.5 Å². The topological polar surface area (TPSA) is 59.9 Å². The van der Waals surface area contributed by atoms with Gasteiger partial charge in [0.25, 0.3) is 5.91 Å². The molecule has 122 valence electrons. The highest BCUT2D eigenvalue weighted by molar-refractivity contribution is 5.95. The summed E-state index contributed by atoms with van der Waals surface area (Å²) in [5, 5.41) is 3.96. The van der Waals surface area contributed by atoms with Crippen molar-refractivity contribution in [3.05, 3.63) is 59.2 Å². The van der Waals surface area contributed by atoms with Crippen molar-refractivity contribution in [3.63, 3.8) is 0 Å². The van der Waals surface area contributed by atoms with Gasteiger partial charge in [0.15, 0.2) is 11.5 Å². The Morgan fingerprint density at radius 3 is 2.83 bits per heavy atom. The molecule has 0 aliphatic heterocycles. The van der Waals surface area contributed by atoms with Crippen LogP contribution in [0, 0.1) is 19.3 Å². The van der Waals surface area contributed by atoms with Gasteiger partial charge in [-0.2, -0.15) is 5.10 Å². The molecule has 0 bridgehead atoms. The maximum atomic E-state index is 12.0. The van der Waals surface area contributed by atoms with Crippen LogP contribution in [0.1, 0.15) is 21.5 Å². The number of carbonyl (C=O) groups excluding carboxylic acids is 1. The molecular formula is C19H18N2O3. The molecule has 24 heavy (non-hydrogen) atoms. The first-order valence-electron chi connectivity index (χ1n) is 7.28. The van der Waals surface area contributed by atoms with Gasteiger partial charge < -0.3 is 9.47 Å². The molecule has 0 aliphatic rings. The highest BCUT2D eigenvalue weighted by atomic mass is 16.5. The maximum absolute atomic E-state index is 12.0. The largest absolute Gasteiger partial charge is 0.493 e. The Kier molecular flexibility index (Phi) is 5.98. The van der Waals surface area contributed by atoms with Gasteiger partial charge in [-0.3, -0.25) is 4.79 Å². The molecule has 2 aromatic rings. The summed E-state index contributed by atoms with van der Waals surface area (Å²) in [7, 11) is 1.54. The molecule has 0 saturated carbocycles. The number of hydrogen-bond acceptors (Lipinski definition) is 4. The molecule has 1 amide bonds. The van der Waals surface area contributed by atoms with Gasteiger partial charge in [0.05, 0.1) is 13.3 Å². The van der Waals surface area contributed by atoms with E-state index in [0.717, 1.165) is 11.1 Å². The maximum Gasteiger partial charge on any atom is 0.271 e. The van der Waals surface area contributed by atoms with E-state index in [0.29, 0.717) is 17.1 Å². The Bertz CT molecular complexity index is 791. The van der Waals surface area contributed by atoms with Crippen LogP contribution in [0.25, 0.3) is 0 Å². The van der Waals surface area contributed by atoms with Crippen LogP contribution in [0.3, 0.4) is 0 Å². The molecule has 0 saturated heterocycles. The van der Waals surface area contributed by atoms with Gasteiger partial charge in [-0.05, 0) is 42.8 Å². The molecule has 0 radical (unpaired) electrons. The summed E-state index contributed by atoms with van der Waals surface area (Å²) in [6, 6.07) is 12.6. The number of terminal acetylenes is 1. The fourth-order valence-electron chi connectivity index (χ4n) is 2.02. The average molecular weight is 322 g/mol. The molecule has 0 unspecified atom stereocenters. The van der Waals surface area contributed by atoms with Crippen molar-refractivity contribution in [2.24, 2.45) is 5.10 Å². The average Bonchev–Trinajstić information content (AvgIpc) is 2.60. The third-order valence-corrected chi connectivity index (χ3v) is 3.16. The van der Waals surface area contributed by atoms with Crippen molar-refractivity contribution in [3.8, 4) is 23.8 Å². The van der Waals surface area contributed by atoms with E-state index in [2.05, 4.69) is 16.4 Å². The van der Waals surface area contributed by atoms with E-state index in [1.54, 1.807) is 37.4 Å². The van der Waals surface area contributed by atoms with Crippen molar-refractivity contribution < 1.29 is 14.3 Å². The number of hydrazone groups is 1. The first kappa shape index (κ1) is 17.1. The number of benzene rings is 2. The van der Waals surface area contributed by atoms with Crippen LogP contribution >= 0.6 is 0 Å². The van der Waals surface area contributed by atoms with E-state index in [-0.39, 0.29) is 12.5 Å². The van der Waals surface area contributed by atoms with Crippen LogP contribution in [-0.4, -0.2) is 25.8 Å². The standard InChI is InChI=1S/C19H18N2O3/c1-4-10-24-17-9-8-15(12-18(17)23-3)13-20-21-19(22)16-7-5-6-14(2)11-16/h1,5-9,11-13H,10H2,2-3H3,(H,21,22)/b20-13-. The number of hydrogen-bond donors (Lipinski definition) is 1. The number of carbonyl (C=O) groups is 1. The van der Waals surface area contributed by atoms with Gasteiger partial charge in [-0.1, -0.05) is 23.6 Å². The number of aryl methyl sites for hydroxylation is 1. The van der Waals surface area contributed by atoms with Crippen molar-refractivity contribution in [1.29, 1.82) is 0 Å². The van der Waals surface area contributed by atoms with E-state index in [1.807, 2.05) is 19.1 Å². The molecule has 0 aliphatic carbocycles. The van der Waals surface area contributed by atoms with Crippen LogP contribution < -0.4 is 14.9 Å². The monoisotopic (exact) mass is 322 g/mol. The lowest BCUT2D eigenvalue weighted by Crippen LogP contribution is -2.17. The lowest BCUT2D eigenvalue weighted by Gasteiger charge is -2.09. The highest BCUT2D eigenvalue weighted by Gasteiger charge is 2.05. The molecule has 0 aromatic heterocycles. The van der Waals surface area contributed by atoms with Gasteiger partial charge in [-0.15, -0.1) is 6.42 Å². The first-order valence-corrected chi connectivity index (χ1v) is 7.28. The molecule has 2 rings (SSSR count). The molecule has 1 N–H and O–H groups in total. The second-order valence-electron chi connectivity index (χ2n) is 4.97. The van der Waals surface area contributed by atoms with Crippen LogP contribution in [0.2, 0.25) is 0 Å². The summed E-state index contributed by atoms with van der Waals surface area (Å²) in [5.74, 6) is 3.22. The van der Waals surface area contributed by atoms with Gasteiger partial charge >= 0.3 is 0 Å². The number of nitrogens with one attached hydrogen (secondary N) is 1. The van der Waals surface area contributed by atoms with Gasteiger partial charge in [-0.25, -0.2) is 5.43 Å². The Morgan fingerprint density at radius 1 is 1.29 bits per heavy atom. The van der Waals surface area contributed by atoms with E-state index in [1.165, 1.54) is 6.21 Å². The van der Waals surface area contributed by atoms with Crippen LogP contribution in [-0.2, 0) is 0 Å². The predicted molar refractivity (Wildman–Crippen MR) is 93.6 cm³/mol. The lowest BCUT2D eigenvalue weighted by atomic mass is 10.1. The number of ether oxygens (including phenoxy) is 2. The summed E-state index contributed by atoms with van der Waals surface area (Å²) in [4.78, 5) is 12.0. The Labute approximate surface area is 141 Å². The summed E-state index contributed by atoms with van der Waals surface area (Å²) in [6.07, 6.45) is 6.70. The normalized spacial score (nSPS) is 10.2. The molecule has 5 nitrogen and oxygen atoms in total. The zero-order valence-corrected chi connectivity index (χ0v) is 13.6. The smallest absolute Gasteiger partial charge is 0.271 e. The Morgan fingerprint density at radius 2 is 2.12 bits per heavy atom. The van der Waals surface area contributed by atoms with Crippen molar-refractivity contribution in [1.82, 2.24) is 5.43 Å². The quantitative estimate of drug-likeness (QED) is 0.505.